The van der Waals surface area contributed by atoms with E-state index in [9.17, 15) is 4.79 Å². The molecular formula is C25H34N4O2. The van der Waals surface area contributed by atoms with Gasteiger partial charge in [0.2, 0.25) is 5.91 Å². The van der Waals surface area contributed by atoms with Gasteiger partial charge in [0.15, 0.2) is 5.82 Å². The summed E-state index contributed by atoms with van der Waals surface area (Å²) in [7, 11) is 1.64. The van der Waals surface area contributed by atoms with Crippen molar-refractivity contribution in [2.45, 2.75) is 57.9 Å². The maximum absolute atomic E-state index is 12.8. The lowest BCUT2D eigenvalue weighted by molar-refractivity contribution is -0.136. The number of carbonyl (C=O) groups excluding carboxylic acids is 1. The average molecular weight is 423 g/mol. The van der Waals surface area contributed by atoms with Gasteiger partial charge in [-0.05, 0) is 51.0 Å². The van der Waals surface area contributed by atoms with Crippen LogP contribution in [0.1, 0.15) is 60.8 Å². The highest BCUT2D eigenvalue weighted by molar-refractivity contribution is 5.76. The van der Waals surface area contributed by atoms with E-state index in [2.05, 4.69) is 42.2 Å². The summed E-state index contributed by atoms with van der Waals surface area (Å²) in [5, 5.41) is 0. The maximum Gasteiger partial charge on any atom is 0.225 e. The Hall–Kier alpha value is -2.47. The molecule has 1 aromatic heterocycles. The number of rotatable bonds is 7. The molecule has 2 aliphatic heterocycles. The quantitative estimate of drug-likeness (QED) is 0.678. The van der Waals surface area contributed by atoms with Crippen LogP contribution in [0.15, 0.2) is 30.3 Å². The van der Waals surface area contributed by atoms with Gasteiger partial charge in [-0.2, -0.15) is 0 Å². The number of methoxy groups -OCH3 is 1. The highest BCUT2D eigenvalue weighted by Crippen LogP contribution is 2.34. The SMILES string of the molecule is COCCC(=O)N1CCCC[C@@H]1c1nc(C)c2c(n1)N(CCc1ccccc1)CCC2. The molecule has 1 aromatic carbocycles. The molecule has 0 aliphatic carbocycles. The summed E-state index contributed by atoms with van der Waals surface area (Å²) >= 11 is 0. The Morgan fingerprint density at radius 1 is 1.13 bits per heavy atom. The molecule has 6 nitrogen and oxygen atoms in total. The summed E-state index contributed by atoms with van der Waals surface area (Å²) in [6, 6.07) is 10.6. The van der Waals surface area contributed by atoms with E-state index in [1.54, 1.807) is 7.11 Å². The number of ether oxygens (including phenoxy) is 1. The van der Waals surface area contributed by atoms with Crippen molar-refractivity contribution in [1.82, 2.24) is 14.9 Å². The van der Waals surface area contributed by atoms with Gasteiger partial charge >= 0.3 is 0 Å². The van der Waals surface area contributed by atoms with Crippen LogP contribution in [0.25, 0.3) is 0 Å². The number of amides is 1. The van der Waals surface area contributed by atoms with Crippen molar-refractivity contribution in [2.24, 2.45) is 0 Å². The summed E-state index contributed by atoms with van der Waals surface area (Å²) in [4.78, 5) is 27.2. The van der Waals surface area contributed by atoms with Crippen LogP contribution in [0.3, 0.4) is 0 Å². The summed E-state index contributed by atoms with van der Waals surface area (Å²) in [5.74, 6) is 2.04. The van der Waals surface area contributed by atoms with Crippen LogP contribution in [-0.4, -0.2) is 54.1 Å². The second-order valence-electron chi connectivity index (χ2n) is 8.64. The third-order valence-corrected chi connectivity index (χ3v) is 6.52. The largest absolute Gasteiger partial charge is 0.384 e. The first-order valence-corrected chi connectivity index (χ1v) is 11.6. The predicted octanol–water partition coefficient (Wildman–Crippen LogP) is 3.87. The van der Waals surface area contributed by atoms with Crippen molar-refractivity contribution in [1.29, 1.82) is 0 Å². The summed E-state index contributed by atoms with van der Waals surface area (Å²) in [6.07, 6.45) is 6.67. The van der Waals surface area contributed by atoms with Gasteiger partial charge in [-0.1, -0.05) is 30.3 Å². The van der Waals surface area contributed by atoms with Gasteiger partial charge < -0.3 is 14.5 Å². The minimum Gasteiger partial charge on any atom is -0.384 e. The molecule has 0 N–H and O–H groups in total. The molecule has 0 radical (unpaired) electrons. The fourth-order valence-corrected chi connectivity index (χ4v) is 4.82. The maximum atomic E-state index is 12.8. The van der Waals surface area contributed by atoms with Crippen molar-refractivity contribution >= 4 is 11.7 Å². The molecule has 6 heteroatoms. The molecule has 0 saturated carbocycles. The van der Waals surface area contributed by atoms with Crippen LogP contribution in [0.5, 0.6) is 0 Å². The van der Waals surface area contributed by atoms with Gasteiger partial charge in [-0.15, -0.1) is 0 Å². The molecule has 4 rings (SSSR count). The lowest BCUT2D eigenvalue weighted by Crippen LogP contribution is -2.40. The molecule has 3 heterocycles. The standard InChI is InChI=1S/C25H34N4O2/c1-19-21-11-8-15-28(17-13-20-9-4-3-5-10-20)25(21)27-24(26-19)22-12-6-7-16-29(22)23(30)14-18-31-2/h3-5,9-10,22H,6-8,11-18H2,1-2H3/t22-/m1/s1. The first kappa shape index (κ1) is 21.8. The summed E-state index contributed by atoms with van der Waals surface area (Å²) in [6.45, 7) is 5.32. The van der Waals surface area contributed by atoms with Crippen molar-refractivity contribution < 1.29 is 9.53 Å². The third-order valence-electron chi connectivity index (χ3n) is 6.52. The molecule has 2 aromatic rings. The zero-order chi connectivity index (χ0) is 21.6. The van der Waals surface area contributed by atoms with Gasteiger partial charge in [0.25, 0.3) is 0 Å². The van der Waals surface area contributed by atoms with Crippen molar-refractivity contribution in [3.63, 3.8) is 0 Å². The number of aromatic nitrogens is 2. The number of aryl methyl sites for hydroxylation is 1. The van der Waals surface area contributed by atoms with E-state index in [-0.39, 0.29) is 11.9 Å². The van der Waals surface area contributed by atoms with Gasteiger partial charge in [0.1, 0.15) is 5.82 Å². The van der Waals surface area contributed by atoms with E-state index in [1.807, 2.05) is 4.90 Å². The Bertz CT molecular complexity index is 887. The van der Waals surface area contributed by atoms with Gasteiger partial charge in [0.05, 0.1) is 19.1 Å². The molecule has 2 aliphatic rings. The fraction of sp³-hybridized carbons (Fsp3) is 0.560. The minimum atomic E-state index is -0.0278. The number of anilines is 1. The molecule has 1 amide bonds. The van der Waals surface area contributed by atoms with E-state index in [1.165, 1.54) is 11.1 Å². The second kappa shape index (κ2) is 10.2. The van der Waals surface area contributed by atoms with Crippen LogP contribution >= 0.6 is 0 Å². The monoisotopic (exact) mass is 422 g/mol. The van der Waals surface area contributed by atoms with Gasteiger partial charge in [-0.3, -0.25) is 4.79 Å². The molecule has 1 atom stereocenters. The smallest absolute Gasteiger partial charge is 0.225 e. The van der Waals surface area contributed by atoms with Gasteiger partial charge in [-0.25, -0.2) is 9.97 Å². The topological polar surface area (TPSA) is 58.6 Å². The van der Waals surface area contributed by atoms with Crippen molar-refractivity contribution in [3.8, 4) is 0 Å². The lowest BCUT2D eigenvalue weighted by Gasteiger charge is -2.37. The summed E-state index contributed by atoms with van der Waals surface area (Å²) < 4.78 is 5.13. The van der Waals surface area contributed by atoms with E-state index >= 15 is 0 Å². The molecule has 1 saturated heterocycles. The molecule has 1 fully saturated rings. The molecular weight excluding hydrogens is 388 g/mol. The number of hydrogen-bond acceptors (Lipinski definition) is 5. The van der Waals surface area contributed by atoms with E-state index < -0.39 is 0 Å². The first-order chi connectivity index (χ1) is 15.2. The Balaban J connectivity index is 1.58. The molecule has 166 valence electrons. The first-order valence-electron chi connectivity index (χ1n) is 11.6. The van der Waals surface area contributed by atoms with Crippen LogP contribution in [0, 0.1) is 6.92 Å². The highest BCUT2D eigenvalue weighted by atomic mass is 16.5. The second-order valence-corrected chi connectivity index (χ2v) is 8.64. The number of carbonyl (C=O) groups is 1. The number of piperidine rings is 1. The van der Waals surface area contributed by atoms with Crippen LogP contribution in [0.4, 0.5) is 5.82 Å². The Labute approximate surface area is 185 Å². The number of fused-ring (bicyclic) bond motifs is 1. The third kappa shape index (κ3) is 5.06. The normalized spacial score (nSPS) is 18.7. The Kier molecular flexibility index (Phi) is 7.17. The molecule has 0 unspecified atom stereocenters. The van der Waals surface area contributed by atoms with Crippen molar-refractivity contribution in [3.05, 3.63) is 53.0 Å². The Morgan fingerprint density at radius 3 is 2.77 bits per heavy atom. The summed E-state index contributed by atoms with van der Waals surface area (Å²) in [5.41, 5.74) is 3.69. The lowest BCUT2D eigenvalue weighted by atomic mass is 9.99. The molecule has 0 bridgehead atoms. The van der Waals surface area contributed by atoms with Gasteiger partial charge in [0, 0.05) is 38.0 Å². The minimum absolute atomic E-state index is 0.0278. The van der Waals surface area contributed by atoms with Crippen LogP contribution in [0.2, 0.25) is 0 Å². The highest BCUT2D eigenvalue weighted by Gasteiger charge is 2.32. The fourth-order valence-electron chi connectivity index (χ4n) is 4.82. The van der Waals surface area contributed by atoms with E-state index in [0.29, 0.717) is 13.0 Å². The average Bonchev–Trinajstić information content (AvgIpc) is 2.82. The van der Waals surface area contributed by atoms with Crippen LogP contribution < -0.4 is 4.90 Å². The Morgan fingerprint density at radius 2 is 1.97 bits per heavy atom. The number of benzene rings is 1. The zero-order valence-corrected chi connectivity index (χ0v) is 18.8. The molecule has 0 spiro atoms. The number of nitrogens with zero attached hydrogens (tertiary/aromatic N) is 4. The number of hydrogen-bond donors (Lipinski definition) is 0. The van der Waals surface area contributed by atoms with E-state index in [0.717, 1.165) is 75.5 Å². The number of likely N-dealkylation sites (tertiary alicyclic amines) is 1. The van der Waals surface area contributed by atoms with Crippen LogP contribution in [-0.2, 0) is 22.4 Å². The predicted molar refractivity (Wildman–Crippen MR) is 122 cm³/mol. The zero-order valence-electron chi connectivity index (χ0n) is 18.8. The van der Waals surface area contributed by atoms with Crippen molar-refractivity contribution in [2.75, 3.05) is 38.3 Å². The molecule has 31 heavy (non-hydrogen) atoms. The van der Waals surface area contributed by atoms with E-state index in [4.69, 9.17) is 14.7 Å².